The van der Waals surface area contributed by atoms with Crippen LogP contribution in [0, 0.1) is 5.82 Å². The van der Waals surface area contributed by atoms with Gasteiger partial charge in [0.05, 0.1) is 6.04 Å². The molecule has 0 spiro atoms. The number of halogens is 2. The van der Waals surface area contributed by atoms with Crippen molar-refractivity contribution >= 4 is 11.6 Å². The number of nitrogens with one attached hydrogen (secondary N) is 2. The number of benzene rings is 1. The van der Waals surface area contributed by atoms with E-state index >= 15 is 0 Å². The Morgan fingerprint density at radius 2 is 2.33 bits per heavy atom. The number of hydrogen-bond acceptors (Lipinski definition) is 3. The molecule has 1 aromatic heterocycles. The van der Waals surface area contributed by atoms with Crippen LogP contribution in [0.5, 0.6) is 0 Å². The van der Waals surface area contributed by atoms with E-state index in [1.807, 2.05) is 0 Å². The van der Waals surface area contributed by atoms with Crippen molar-refractivity contribution in [2.24, 2.45) is 0 Å². The molecule has 0 saturated heterocycles. The van der Waals surface area contributed by atoms with Gasteiger partial charge >= 0.3 is 0 Å². The van der Waals surface area contributed by atoms with Crippen LogP contribution in [0.25, 0.3) is 0 Å². The van der Waals surface area contributed by atoms with Crippen molar-refractivity contribution in [3.8, 4) is 0 Å². The summed E-state index contributed by atoms with van der Waals surface area (Å²) in [7, 11) is 0. The number of nitrogens with zero attached hydrogens (tertiary/aromatic N) is 2. The van der Waals surface area contributed by atoms with Gasteiger partial charge in [0.1, 0.15) is 18.0 Å². The Morgan fingerprint density at radius 1 is 1.50 bits per heavy atom. The number of H-pyrrole nitrogens is 1. The quantitative estimate of drug-likeness (QED) is 0.877. The van der Waals surface area contributed by atoms with Crippen molar-refractivity contribution in [2.45, 2.75) is 19.4 Å². The van der Waals surface area contributed by atoms with Crippen LogP contribution >= 0.6 is 11.6 Å². The highest BCUT2D eigenvalue weighted by molar-refractivity contribution is 6.31. The average Bonchev–Trinajstić information content (AvgIpc) is 2.88. The van der Waals surface area contributed by atoms with E-state index in [0.717, 1.165) is 13.0 Å². The highest BCUT2D eigenvalue weighted by Crippen LogP contribution is 2.27. The molecule has 0 aliphatic carbocycles. The molecule has 0 aliphatic heterocycles. The summed E-state index contributed by atoms with van der Waals surface area (Å²) >= 11 is 6.12. The second kappa shape index (κ2) is 5.93. The Balaban J connectivity index is 2.36. The van der Waals surface area contributed by atoms with E-state index in [2.05, 4.69) is 27.4 Å². The average molecular weight is 269 g/mol. The third-order valence-electron chi connectivity index (χ3n) is 2.57. The molecular weight excluding hydrogens is 255 g/mol. The molecule has 6 heteroatoms. The Hall–Kier alpha value is -1.46. The van der Waals surface area contributed by atoms with E-state index < -0.39 is 0 Å². The molecule has 18 heavy (non-hydrogen) atoms. The van der Waals surface area contributed by atoms with Gasteiger partial charge in [-0.15, -0.1) is 0 Å². The largest absolute Gasteiger partial charge is 0.304 e. The van der Waals surface area contributed by atoms with E-state index in [1.54, 1.807) is 6.07 Å². The highest BCUT2D eigenvalue weighted by atomic mass is 35.5. The molecule has 0 aliphatic rings. The van der Waals surface area contributed by atoms with Gasteiger partial charge in [-0.1, -0.05) is 18.5 Å². The molecule has 2 rings (SSSR count). The summed E-state index contributed by atoms with van der Waals surface area (Å²) in [5.74, 6) is 0.299. The summed E-state index contributed by atoms with van der Waals surface area (Å²) in [4.78, 5) is 4.11. The first kappa shape index (κ1) is 13.0. The van der Waals surface area contributed by atoms with E-state index in [-0.39, 0.29) is 11.9 Å². The first-order chi connectivity index (χ1) is 8.72. The minimum atomic E-state index is -0.322. The SMILES string of the molecule is CCCNC(c1ncn[nH]1)c1cc(F)ccc1Cl. The summed E-state index contributed by atoms with van der Waals surface area (Å²) in [6, 6.07) is 4.01. The van der Waals surface area contributed by atoms with Gasteiger partial charge in [0.15, 0.2) is 0 Å². The maximum absolute atomic E-state index is 13.3. The second-order valence-electron chi connectivity index (χ2n) is 3.92. The van der Waals surface area contributed by atoms with E-state index in [1.165, 1.54) is 18.5 Å². The highest BCUT2D eigenvalue weighted by Gasteiger charge is 2.19. The van der Waals surface area contributed by atoms with Gasteiger partial charge in [-0.25, -0.2) is 9.37 Å². The Kier molecular flexibility index (Phi) is 4.28. The maximum Gasteiger partial charge on any atom is 0.146 e. The zero-order valence-electron chi connectivity index (χ0n) is 9.95. The Labute approximate surface area is 110 Å². The topological polar surface area (TPSA) is 53.6 Å². The van der Waals surface area contributed by atoms with E-state index in [4.69, 9.17) is 11.6 Å². The monoisotopic (exact) mass is 268 g/mol. The predicted molar refractivity (Wildman–Crippen MR) is 67.9 cm³/mol. The molecule has 1 atom stereocenters. The molecule has 2 aromatic rings. The summed E-state index contributed by atoms with van der Waals surface area (Å²) in [6.07, 6.45) is 2.38. The first-order valence-corrected chi connectivity index (χ1v) is 6.13. The molecule has 1 heterocycles. The number of rotatable bonds is 5. The molecule has 1 aromatic carbocycles. The van der Waals surface area contributed by atoms with Gasteiger partial charge in [0, 0.05) is 5.02 Å². The molecule has 96 valence electrons. The Morgan fingerprint density at radius 3 is 3.00 bits per heavy atom. The van der Waals surface area contributed by atoms with Crippen LogP contribution < -0.4 is 5.32 Å². The molecule has 1 unspecified atom stereocenters. The van der Waals surface area contributed by atoms with Crippen LogP contribution in [-0.4, -0.2) is 21.7 Å². The van der Waals surface area contributed by atoms with Crippen molar-refractivity contribution in [3.63, 3.8) is 0 Å². The van der Waals surface area contributed by atoms with Crippen molar-refractivity contribution in [1.29, 1.82) is 0 Å². The summed E-state index contributed by atoms with van der Waals surface area (Å²) < 4.78 is 13.3. The van der Waals surface area contributed by atoms with E-state index in [9.17, 15) is 4.39 Å². The normalized spacial score (nSPS) is 12.6. The van der Waals surface area contributed by atoms with Crippen LogP contribution in [0.15, 0.2) is 24.5 Å². The lowest BCUT2D eigenvalue weighted by molar-refractivity contribution is 0.565. The third-order valence-corrected chi connectivity index (χ3v) is 2.92. The fourth-order valence-corrected chi connectivity index (χ4v) is 1.96. The van der Waals surface area contributed by atoms with Crippen LogP contribution in [0.3, 0.4) is 0 Å². The Bertz CT molecular complexity index is 501. The molecule has 0 fully saturated rings. The van der Waals surface area contributed by atoms with Crippen LogP contribution in [0.4, 0.5) is 4.39 Å². The molecule has 0 amide bonds. The molecular formula is C12H14ClFN4. The first-order valence-electron chi connectivity index (χ1n) is 5.76. The fourth-order valence-electron chi connectivity index (χ4n) is 1.73. The summed E-state index contributed by atoms with van der Waals surface area (Å²) in [6.45, 7) is 2.83. The lowest BCUT2D eigenvalue weighted by Gasteiger charge is -2.17. The number of hydrogen-bond donors (Lipinski definition) is 2. The van der Waals surface area contributed by atoms with E-state index in [0.29, 0.717) is 16.4 Å². The minimum Gasteiger partial charge on any atom is -0.304 e. The molecule has 2 N–H and O–H groups in total. The molecule has 0 radical (unpaired) electrons. The number of aromatic amines is 1. The molecule has 0 saturated carbocycles. The van der Waals surface area contributed by atoms with Crippen LogP contribution in [0.1, 0.15) is 30.8 Å². The van der Waals surface area contributed by atoms with Crippen molar-refractivity contribution in [3.05, 3.63) is 46.8 Å². The van der Waals surface area contributed by atoms with Crippen molar-refractivity contribution in [1.82, 2.24) is 20.5 Å². The van der Waals surface area contributed by atoms with Gasteiger partial charge in [-0.05, 0) is 36.7 Å². The van der Waals surface area contributed by atoms with Crippen molar-refractivity contribution in [2.75, 3.05) is 6.54 Å². The minimum absolute atomic E-state index is 0.282. The van der Waals surface area contributed by atoms with Gasteiger partial charge < -0.3 is 5.32 Å². The van der Waals surface area contributed by atoms with Gasteiger partial charge in [0.2, 0.25) is 0 Å². The summed E-state index contributed by atoms with van der Waals surface area (Å²) in [5, 5.41) is 10.4. The molecule has 4 nitrogen and oxygen atoms in total. The zero-order valence-corrected chi connectivity index (χ0v) is 10.7. The lowest BCUT2D eigenvalue weighted by atomic mass is 10.1. The third kappa shape index (κ3) is 2.86. The van der Waals surface area contributed by atoms with Crippen LogP contribution in [0.2, 0.25) is 5.02 Å². The van der Waals surface area contributed by atoms with Gasteiger partial charge in [-0.3, -0.25) is 5.10 Å². The summed E-state index contributed by atoms with van der Waals surface area (Å²) in [5.41, 5.74) is 0.655. The van der Waals surface area contributed by atoms with Gasteiger partial charge in [0.25, 0.3) is 0 Å². The second-order valence-corrected chi connectivity index (χ2v) is 4.33. The van der Waals surface area contributed by atoms with Crippen LogP contribution in [-0.2, 0) is 0 Å². The van der Waals surface area contributed by atoms with Crippen molar-refractivity contribution < 1.29 is 4.39 Å². The number of aromatic nitrogens is 3. The standard InChI is InChI=1S/C12H14ClFN4/c1-2-5-15-11(12-16-7-17-18-12)9-6-8(14)3-4-10(9)13/h3-4,6-7,11,15H,2,5H2,1H3,(H,16,17,18). The smallest absolute Gasteiger partial charge is 0.146 e. The fraction of sp³-hybridized carbons (Fsp3) is 0.333. The zero-order chi connectivity index (χ0) is 13.0. The maximum atomic E-state index is 13.3. The van der Waals surface area contributed by atoms with Gasteiger partial charge in [-0.2, -0.15) is 5.10 Å². The molecule has 0 bridgehead atoms. The lowest BCUT2D eigenvalue weighted by Crippen LogP contribution is -2.24. The predicted octanol–water partition coefficient (Wildman–Crippen LogP) is 2.69.